The van der Waals surface area contributed by atoms with Crippen molar-refractivity contribution in [3.63, 3.8) is 0 Å². The van der Waals surface area contributed by atoms with E-state index in [1.807, 2.05) is 7.05 Å². The Morgan fingerprint density at radius 1 is 1.36 bits per heavy atom. The van der Waals surface area contributed by atoms with Crippen molar-refractivity contribution in [3.05, 3.63) is 29.8 Å². The number of thioether (sulfide) groups is 1. The van der Waals surface area contributed by atoms with Gasteiger partial charge >= 0.3 is 0 Å². The van der Waals surface area contributed by atoms with Gasteiger partial charge in [0.25, 0.3) is 0 Å². The van der Waals surface area contributed by atoms with Crippen LogP contribution in [-0.2, 0) is 11.3 Å². The fourth-order valence-electron chi connectivity index (χ4n) is 2.86. The van der Waals surface area contributed by atoms with Crippen LogP contribution in [0, 0.1) is 0 Å². The van der Waals surface area contributed by atoms with Gasteiger partial charge in [0.1, 0.15) is 0 Å². The Kier molecular flexibility index (Phi) is 6.73. The number of aliphatic hydroxyl groups excluding tert-OH is 1. The third-order valence-electron chi connectivity index (χ3n) is 4.30. The molecule has 1 aromatic rings. The molecule has 0 radical (unpaired) electrons. The second-order valence-electron chi connectivity index (χ2n) is 5.90. The Morgan fingerprint density at radius 3 is 2.73 bits per heavy atom. The van der Waals surface area contributed by atoms with Gasteiger partial charge in [0, 0.05) is 24.5 Å². The van der Waals surface area contributed by atoms with Crippen LogP contribution in [0.2, 0.25) is 0 Å². The quantitative estimate of drug-likeness (QED) is 0.816. The van der Waals surface area contributed by atoms with E-state index in [9.17, 15) is 9.90 Å². The van der Waals surface area contributed by atoms with Crippen LogP contribution in [0.5, 0.6) is 0 Å². The lowest BCUT2D eigenvalue weighted by molar-refractivity contribution is -0.132. The fourth-order valence-corrected chi connectivity index (χ4v) is 3.27. The first-order valence-corrected chi connectivity index (χ1v) is 9.08. The van der Waals surface area contributed by atoms with E-state index in [1.54, 1.807) is 16.7 Å². The number of hydrogen-bond donors (Lipinski definition) is 1. The maximum Gasteiger partial charge on any atom is 0.236 e. The van der Waals surface area contributed by atoms with Crippen molar-refractivity contribution in [2.75, 3.05) is 33.0 Å². The molecule has 1 amide bonds. The zero-order valence-corrected chi connectivity index (χ0v) is 14.3. The summed E-state index contributed by atoms with van der Waals surface area (Å²) in [4.78, 5) is 17.5. The third kappa shape index (κ3) is 4.73. The Morgan fingerprint density at radius 2 is 2.09 bits per heavy atom. The van der Waals surface area contributed by atoms with E-state index in [-0.39, 0.29) is 18.6 Å². The van der Waals surface area contributed by atoms with E-state index in [2.05, 4.69) is 35.4 Å². The van der Waals surface area contributed by atoms with Gasteiger partial charge in [-0.1, -0.05) is 18.6 Å². The smallest absolute Gasteiger partial charge is 0.236 e. The molecular weight excluding hydrogens is 296 g/mol. The van der Waals surface area contributed by atoms with Gasteiger partial charge in [-0.25, -0.2) is 0 Å². The Balaban J connectivity index is 1.87. The summed E-state index contributed by atoms with van der Waals surface area (Å²) in [5.74, 6) is 0.120. The number of benzene rings is 1. The number of piperidine rings is 1. The van der Waals surface area contributed by atoms with Crippen molar-refractivity contribution in [1.82, 2.24) is 9.80 Å². The molecule has 0 saturated carbocycles. The molecule has 0 unspecified atom stereocenters. The summed E-state index contributed by atoms with van der Waals surface area (Å²) in [6, 6.07) is 8.47. The first-order chi connectivity index (χ1) is 10.6. The summed E-state index contributed by atoms with van der Waals surface area (Å²) in [6.07, 6.45) is 5.31. The molecule has 22 heavy (non-hydrogen) atoms. The number of aliphatic hydroxyl groups is 1. The minimum Gasteiger partial charge on any atom is -0.395 e. The molecule has 122 valence electrons. The van der Waals surface area contributed by atoms with Gasteiger partial charge in [-0.2, -0.15) is 0 Å². The molecule has 1 aromatic carbocycles. The number of hydrogen-bond acceptors (Lipinski definition) is 4. The molecule has 0 aliphatic carbocycles. The largest absolute Gasteiger partial charge is 0.395 e. The van der Waals surface area contributed by atoms with Crippen molar-refractivity contribution >= 4 is 17.7 Å². The van der Waals surface area contributed by atoms with Crippen LogP contribution in [0.4, 0.5) is 0 Å². The minimum absolute atomic E-state index is 0.120. The summed E-state index contributed by atoms with van der Waals surface area (Å²) < 4.78 is 0. The summed E-state index contributed by atoms with van der Waals surface area (Å²) >= 11 is 1.72. The van der Waals surface area contributed by atoms with Crippen molar-refractivity contribution in [2.24, 2.45) is 0 Å². The number of likely N-dealkylation sites (tertiary alicyclic amines) is 1. The lowest BCUT2D eigenvalue weighted by atomic mass is 10.0. The molecular formula is C17H26N2O2S. The van der Waals surface area contributed by atoms with Gasteiger partial charge < -0.3 is 10.0 Å². The molecule has 4 nitrogen and oxygen atoms in total. The summed E-state index contributed by atoms with van der Waals surface area (Å²) in [5.41, 5.74) is 1.14. The van der Waals surface area contributed by atoms with E-state index in [0.717, 1.165) is 31.4 Å². The van der Waals surface area contributed by atoms with Crippen LogP contribution in [0.3, 0.4) is 0 Å². The maximum absolute atomic E-state index is 12.4. The van der Waals surface area contributed by atoms with E-state index >= 15 is 0 Å². The van der Waals surface area contributed by atoms with Crippen molar-refractivity contribution in [1.29, 1.82) is 0 Å². The third-order valence-corrected chi connectivity index (χ3v) is 5.05. The van der Waals surface area contributed by atoms with Crippen LogP contribution in [-0.4, -0.2) is 59.9 Å². The van der Waals surface area contributed by atoms with Gasteiger partial charge in [-0.15, -0.1) is 11.8 Å². The van der Waals surface area contributed by atoms with E-state index < -0.39 is 0 Å². The van der Waals surface area contributed by atoms with Gasteiger partial charge in [-0.05, 0) is 43.3 Å². The zero-order valence-electron chi connectivity index (χ0n) is 13.5. The van der Waals surface area contributed by atoms with Crippen molar-refractivity contribution in [2.45, 2.75) is 36.7 Å². The molecule has 1 fully saturated rings. The van der Waals surface area contributed by atoms with Crippen LogP contribution in [0.25, 0.3) is 0 Å². The monoisotopic (exact) mass is 322 g/mol. The lowest BCUT2D eigenvalue weighted by Gasteiger charge is -2.34. The molecule has 1 atom stereocenters. The highest BCUT2D eigenvalue weighted by atomic mass is 32.2. The average molecular weight is 322 g/mol. The number of likely N-dealkylation sites (N-methyl/N-ethyl adjacent to an activating group) is 1. The molecule has 0 spiro atoms. The predicted octanol–water partition coefficient (Wildman–Crippen LogP) is 2.21. The van der Waals surface area contributed by atoms with Gasteiger partial charge in [0.15, 0.2) is 0 Å². The average Bonchev–Trinajstić information content (AvgIpc) is 2.56. The molecule has 1 aliphatic heterocycles. The Bertz CT molecular complexity index is 478. The standard InChI is InChI=1S/C17H26N2O2S/c1-18(11-14-6-8-16(22-2)9-7-14)17(21)12-19-10-4-3-5-15(19)13-20/h6-9,15,20H,3-5,10-13H2,1-2H3/t15-/m1/s1. The van der Waals surface area contributed by atoms with Crippen LogP contribution in [0.1, 0.15) is 24.8 Å². The van der Waals surface area contributed by atoms with Crippen LogP contribution >= 0.6 is 11.8 Å². The minimum atomic E-state index is 0.120. The van der Waals surface area contributed by atoms with E-state index in [1.165, 1.54) is 4.90 Å². The number of rotatable bonds is 6. The normalized spacial score (nSPS) is 19.1. The first-order valence-electron chi connectivity index (χ1n) is 7.86. The molecule has 1 heterocycles. The maximum atomic E-state index is 12.4. The molecule has 5 heteroatoms. The van der Waals surface area contributed by atoms with Crippen molar-refractivity contribution < 1.29 is 9.90 Å². The topological polar surface area (TPSA) is 43.8 Å². The van der Waals surface area contributed by atoms with E-state index in [4.69, 9.17) is 0 Å². The predicted molar refractivity (Wildman–Crippen MR) is 91.0 cm³/mol. The highest BCUT2D eigenvalue weighted by molar-refractivity contribution is 7.98. The van der Waals surface area contributed by atoms with Gasteiger partial charge in [0.05, 0.1) is 13.2 Å². The number of amides is 1. The Labute approximate surface area is 137 Å². The highest BCUT2D eigenvalue weighted by Crippen LogP contribution is 2.18. The highest BCUT2D eigenvalue weighted by Gasteiger charge is 2.24. The molecule has 0 bridgehead atoms. The van der Waals surface area contributed by atoms with Crippen LogP contribution in [0.15, 0.2) is 29.2 Å². The molecule has 1 N–H and O–H groups in total. The van der Waals surface area contributed by atoms with Gasteiger partial charge in [0.2, 0.25) is 5.91 Å². The van der Waals surface area contributed by atoms with Crippen molar-refractivity contribution in [3.8, 4) is 0 Å². The molecule has 1 aliphatic rings. The number of carbonyl (C=O) groups excluding carboxylic acids is 1. The zero-order chi connectivity index (χ0) is 15.9. The van der Waals surface area contributed by atoms with Crippen LogP contribution < -0.4 is 0 Å². The SMILES string of the molecule is CSc1ccc(CN(C)C(=O)CN2CCCC[C@@H]2CO)cc1. The Hall–Kier alpha value is -1.04. The first kappa shape index (κ1) is 17.3. The summed E-state index contributed by atoms with van der Waals surface area (Å²) in [5, 5.41) is 9.43. The number of nitrogens with zero attached hydrogens (tertiary/aromatic N) is 2. The van der Waals surface area contributed by atoms with E-state index in [0.29, 0.717) is 13.1 Å². The second kappa shape index (κ2) is 8.56. The fraction of sp³-hybridized carbons (Fsp3) is 0.588. The second-order valence-corrected chi connectivity index (χ2v) is 6.78. The number of carbonyl (C=O) groups is 1. The van der Waals surface area contributed by atoms with Gasteiger partial charge in [-0.3, -0.25) is 9.69 Å². The summed E-state index contributed by atoms with van der Waals surface area (Å²) in [7, 11) is 1.85. The lowest BCUT2D eigenvalue weighted by Crippen LogP contribution is -2.47. The molecule has 0 aromatic heterocycles. The molecule has 2 rings (SSSR count). The summed E-state index contributed by atoms with van der Waals surface area (Å²) in [6.45, 7) is 2.09. The molecule has 1 saturated heterocycles.